The van der Waals surface area contributed by atoms with Crippen molar-refractivity contribution in [3.8, 4) is 0 Å². The zero-order valence-electron chi connectivity index (χ0n) is 12.7. The van der Waals surface area contributed by atoms with Crippen LogP contribution in [0.1, 0.15) is 24.0 Å². The molecule has 2 aromatic carbocycles. The zero-order chi connectivity index (χ0) is 15.0. The van der Waals surface area contributed by atoms with E-state index in [4.69, 9.17) is 11.5 Å². The Labute approximate surface area is 128 Å². The number of hydrogen-bond donors (Lipinski definition) is 2. The molecule has 21 heavy (non-hydrogen) atoms. The fraction of sp³-hybridized carbons (Fsp3) is 0.368. The number of rotatable bonds is 8. The summed E-state index contributed by atoms with van der Waals surface area (Å²) in [5, 5.41) is 0. The van der Waals surface area contributed by atoms with Gasteiger partial charge in [-0.2, -0.15) is 0 Å². The number of hydrogen-bond acceptors (Lipinski definition) is 2. The van der Waals surface area contributed by atoms with E-state index in [1.807, 2.05) is 0 Å². The SMILES string of the molecule is NCCC(CCN)(Cc1ccccc1)Cc1ccccc1. The Morgan fingerprint density at radius 3 is 1.33 bits per heavy atom. The molecule has 0 aliphatic carbocycles. The number of benzene rings is 2. The van der Waals surface area contributed by atoms with Gasteiger partial charge in [0, 0.05) is 0 Å². The van der Waals surface area contributed by atoms with Crippen molar-refractivity contribution in [2.75, 3.05) is 13.1 Å². The van der Waals surface area contributed by atoms with E-state index in [0.29, 0.717) is 13.1 Å². The summed E-state index contributed by atoms with van der Waals surface area (Å²) in [7, 11) is 0. The third kappa shape index (κ3) is 4.69. The topological polar surface area (TPSA) is 52.0 Å². The molecule has 0 unspecified atom stereocenters. The van der Waals surface area contributed by atoms with E-state index >= 15 is 0 Å². The molecule has 0 spiro atoms. The van der Waals surface area contributed by atoms with Crippen molar-refractivity contribution in [3.05, 3.63) is 71.8 Å². The molecule has 0 saturated carbocycles. The lowest BCUT2D eigenvalue weighted by Gasteiger charge is -2.34. The second-order valence-electron chi connectivity index (χ2n) is 5.90. The maximum Gasteiger partial charge on any atom is -0.00717 e. The highest BCUT2D eigenvalue weighted by Gasteiger charge is 2.29. The largest absolute Gasteiger partial charge is 0.330 e. The molecule has 2 nitrogen and oxygen atoms in total. The van der Waals surface area contributed by atoms with Crippen LogP contribution in [0.25, 0.3) is 0 Å². The lowest BCUT2D eigenvalue weighted by molar-refractivity contribution is 0.243. The molecule has 112 valence electrons. The monoisotopic (exact) mass is 282 g/mol. The molecule has 0 radical (unpaired) electrons. The summed E-state index contributed by atoms with van der Waals surface area (Å²) < 4.78 is 0. The van der Waals surface area contributed by atoms with Gasteiger partial charge in [0.25, 0.3) is 0 Å². The Morgan fingerprint density at radius 1 is 0.619 bits per heavy atom. The maximum atomic E-state index is 5.91. The standard InChI is InChI=1S/C19H26N2/c20-13-11-19(12-14-21,15-17-7-3-1-4-8-17)16-18-9-5-2-6-10-18/h1-10H,11-16,20-21H2. The summed E-state index contributed by atoms with van der Waals surface area (Å²) in [5.74, 6) is 0. The molecule has 0 saturated heterocycles. The lowest BCUT2D eigenvalue weighted by atomic mass is 9.71. The van der Waals surface area contributed by atoms with Crippen LogP contribution in [0.2, 0.25) is 0 Å². The second kappa shape index (κ2) is 7.96. The average molecular weight is 282 g/mol. The Morgan fingerprint density at radius 2 is 1.00 bits per heavy atom. The molecular weight excluding hydrogens is 256 g/mol. The molecule has 2 heteroatoms. The smallest absolute Gasteiger partial charge is 0.00717 e. The summed E-state index contributed by atoms with van der Waals surface area (Å²) >= 11 is 0. The van der Waals surface area contributed by atoms with Crippen LogP contribution in [0.15, 0.2) is 60.7 Å². The maximum absolute atomic E-state index is 5.91. The van der Waals surface area contributed by atoms with Gasteiger partial charge in [-0.05, 0) is 55.3 Å². The van der Waals surface area contributed by atoms with Crippen LogP contribution in [0.3, 0.4) is 0 Å². The summed E-state index contributed by atoms with van der Waals surface area (Å²) in [6.07, 6.45) is 4.09. The van der Waals surface area contributed by atoms with E-state index in [1.165, 1.54) is 11.1 Å². The van der Waals surface area contributed by atoms with Crippen LogP contribution in [0.4, 0.5) is 0 Å². The molecular formula is C19H26N2. The van der Waals surface area contributed by atoms with Crippen molar-refractivity contribution in [2.45, 2.75) is 25.7 Å². The van der Waals surface area contributed by atoms with Crippen LogP contribution in [0.5, 0.6) is 0 Å². The summed E-state index contributed by atoms with van der Waals surface area (Å²) in [5.41, 5.74) is 14.7. The van der Waals surface area contributed by atoms with Gasteiger partial charge < -0.3 is 11.5 Å². The van der Waals surface area contributed by atoms with Gasteiger partial charge in [-0.1, -0.05) is 60.7 Å². The van der Waals surface area contributed by atoms with Crippen molar-refractivity contribution in [2.24, 2.45) is 16.9 Å². The van der Waals surface area contributed by atoms with E-state index in [-0.39, 0.29) is 5.41 Å². The van der Waals surface area contributed by atoms with Crippen LogP contribution in [0, 0.1) is 5.41 Å². The first kappa shape index (κ1) is 15.7. The fourth-order valence-electron chi connectivity index (χ4n) is 3.21. The first-order valence-corrected chi connectivity index (χ1v) is 7.76. The molecule has 0 aliphatic rings. The Bertz CT molecular complexity index is 458. The van der Waals surface area contributed by atoms with E-state index in [9.17, 15) is 0 Å². The third-order valence-electron chi connectivity index (χ3n) is 4.19. The Kier molecular flexibility index (Phi) is 5.97. The minimum absolute atomic E-state index is 0.159. The van der Waals surface area contributed by atoms with Gasteiger partial charge in [0.05, 0.1) is 0 Å². The third-order valence-corrected chi connectivity index (χ3v) is 4.19. The van der Waals surface area contributed by atoms with Crippen LogP contribution in [-0.2, 0) is 12.8 Å². The highest BCUT2D eigenvalue weighted by atomic mass is 14.6. The molecule has 0 bridgehead atoms. The molecule has 0 heterocycles. The predicted molar refractivity (Wildman–Crippen MR) is 90.1 cm³/mol. The van der Waals surface area contributed by atoms with Crippen LogP contribution < -0.4 is 11.5 Å². The van der Waals surface area contributed by atoms with E-state index < -0.39 is 0 Å². The first-order chi connectivity index (χ1) is 10.3. The van der Waals surface area contributed by atoms with Crippen molar-refractivity contribution < 1.29 is 0 Å². The van der Waals surface area contributed by atoms with Gasteiger partial charge in [0.2, 0.25) is 0 Å². The minimum Gasteiger partial charge on any atom is -0.330 e. The summed E-state index contributed by atoms with van der Waals surface area (Å²) in [4.78, 5) is 0. The molecule has 0 aromatic heterocycles. The summed E-state index contributed by atoms with van der Waals surface area (Å²) in [6, 6.07) is 21.4. The van der Waals surface area contributed by atoms with E-state index in [0.717, 1.165) is 25.7 Å². The quantitative estimate of drug-likeness (QED) is 0.781. The highest BCUT2D eigenvalue weighted by Crippen LogP contribution is 2.34. The molecule has 4 N–H and O–H groups in total. The van der Waals surface area contributed by atoms with Crippen molar-refractivity contribution in [1.29, 1.82) is 0 Å². The van der Waals surface area contributed by atoms with Gasteiger partial charge in [-0.3, -0.25) is 0 Å². The van der Waals surface area contributed by atoms with E-state index in [2.05, 4.69) is 60.7 Å². The van der Waals surface area contributed by atoms with E-state index in [1.54, 1.807) is 0 Å². The molecule has 2 rings (SSSR count). The Hall–Kier alpha value is -1.64. The van der Waals surface area contributed by atoms with Gasteiger partial charge in [0.1, 0.15) is 0 Å². The average Bonchev–Trinajstić information content (AvgIpc) is 2.50. The van der Waals surface area contributed by atoms with Gasteiger partial charge in [-0.25, -0.2) is 0 Å². The van der Waals surface area contributed by atoms with Crippen molar-refractivity contribution >= 4 is 0 Å². The summed E-state index contributed by atoms with van der Waals surface area (Å²) in [6.45, 7) is 1.42. The van der Waals surface area contributed by atoms with Crippen molar-refractivity contribution in [1.82, 2.24) is 0 Å². The van der Waals surface area contributed by atoms with Crippen molar-refractivity contribution in [3.63, 3.8) is 0 Å². The highest BCUT2D eigenvalue weighted by molar-refractivity contribution is 5.21. The minimum atomic E-state index is 0.159. The first-order valence-electron chi connectivity index (χ1n) is 7.76. The van der Waals surface area contributed by atoms with Gasteiger partial charge in [0.15, 0.2) is 0 Å². The van der Waals surface area contributed by atoms with Gasteiger partial charge in [-0.15, -0.1) is 0 Å². The predicted octanol–water partition coefficient (Wildman–Crippen LogP) is 3.16. The van der Waals surface area contributed by atoms with Crippen LogP contribution in [-0.4, -0.2) is 13.1 Å². The second-order valence-corrected chi connectivity index (χ2v) is 5.90. The molecule has 0 atom stereocenters. The normalized spacial score (nSPS) is 11.5. The zero-order valence-corrected chi connectivity index (χ0v) is 12.7. The molecule has 0 fully saturated rings. The fourth-order valence-corrected chi connectivity index (χ4v) is 3.21. The molecule has 0 aliphatic heterocycles. The lowest BCUT2D eigenvalue weighted by Crippen LogP contribution is -2.32. The molecule has 0 amide bonds. The van der Waals surface area contributed by atoms with Gasteiger partial charge >= 0.3 is 0 Å². The van der Waals surface area contributed by atoms with Crippen LogP contribution >= 0.6 is 0 Å². The molecule has 2 aromatic rings. The number of nitrogens with two attached hydrogens (primary N) is 2. The Balaban J connectivity index is 2.23.